The number of phenolic OH excluding ortho intramolecular Hbond substituents is 1. The summed E-state index contributed by atoms with van der Waals surface area (Å²) in [6.45, 7) is 0. The maximum Gasteiger partial charge on any atom is 0.380 e. The van der Waals surface area contributed by atoms with E-state index in [4.69, 9.17) is 5.14 Å². The fraction of sp³-hybridized carbons (Fsp3) is 0. The topological polar surface area (TPSA) is 107 Å². The molecular weight excluding hydrogens is 400 g/mol. The number of carbonyl (C=O) groups excluding carboxylic acids is 1. The molecule has 2 aromatic carbocycles. The predicted octanol–water partition coefficient (Wildman–Crippen LogP) is 3.21. The smallest absolute Gasteiger partial charge is 0.380 e. The van der Waals surface area contributed by atoms with Gasteiger partial charge in [-0.15, -0.1) is 11.3 Å². The van der Waals surface area contributed by atoms with E-state index in [1.807, 2.05) is 0 Å². The summed E-state index contributed by atoms with van der Waals surface area (Å²) in [7, 11) is -4.14. The Kier molecular flexibility index (Phi) is 4.96. The monoisotopic (exact) mass is 411 g/mol. The second-order valence-electron chi connectivity index (χ2n) is 5.35. The maximum atomic E-state index is 13.9. The lowest BCUT2D eigenvalue weighted by Crippen LogP contribution is -2.18. The second kappa shape index (κ2) is 7.06. The summed E-state index contributed by atoms with van der Waals surface area (Å²) in [5.41, 5.74) is -0.210. The molecule has 0 saturated heterocycles. The van der Waals surface area contributed by atoms with Crippen LogP contribution in [0.1, 0.15) is 15.2 Å². The van der Waals surface area contributed by atoms with Crippen LogP contribution in [-0.4, -0.2) is 19.3 Å². The number of halogens is 2. The number of rotatable bonds is 5. The first-order valence-electron chi connectivity index (χ1n) is 7.30. The third-order valence-electron chi connectivity index (χ3n) is 3.48. The molecule has 0 unspecified atom stereocenters. The van der Waals surface area contributed by atoms with E-state index in [2.05, 4.69) is 4.18 Å². The first-order chi connectivity index (χ1) is 12.7. The van der Waals surface area contributed by atoms with Crippen LogP contribution in [0, 0.1) is 11.6 Å². The van der Waals surface area contributed by atoms with Gasteiger partial charge in [-0.3, -0.25) is 4.79 Å². The summed E-state index contributed by atoms with van der Waals surface area (Å²) in [6, 6.07) is 10.4. The van der Waals surface area contributed by atoms with Gasteiger partial charge in [-0.25, -0.2) is 8.78 Å². The van der Waals surface area contributed by atoms with Crippen molar-refractivity contribution in [3.05, 3.63) is 70.6 Å². The lowest BCUT2D eigenvalue weighted by molar-refractivity contribution is 0.103. The fourth-order valence-electron chi connectivity index (χ4n) is 2.30. The number of aromatic hydroxyl groups is 1. The largest absolute Gasteiger partial charge is 0.505 e. The number of hydrogen-bond donors (Lipinski definition) is 2. The van der Waals surface area contributed by atoms with Gasteiger partial charge < -0.3 is 9.29 Å². The summed E-state index contributed by atoms with van der Waals surface area (Å²) < 4.78 is 54.1. The zero-order chi connectivity index (χ0) is 19.8. The third-order valence-corrected chi connectivity index (χ3v) is 5.04. The first kappa shape index (κ1) is 19.0. The molecule has 3 rings (SSSR count). The highest BCUT2D eigenvalue weighted by Crippen LogP contribution is 2.32. The van der Waals surface area contributed by atoms with Crippen molar-refractivity contribution < 1.29 is 31.3 Å². The minimum atomic E-state index is -4.14. The molecule has 0 aliphatic carbocycles. The molecule has 0 bridgehead atoms. The standard InChI is InChI=1S/C17H11F2NO5S2/c18-11-5-6-12(21)16(19)15(11)17(22)14-8-7-13(26-14)9-1-3-10(4-2-9)25-27(20,23)24/h1-8,21H,(H2,20,23,24). The minimum absolute atomic E-state index is 0.0120. The zero-order valence-corrected chi connectivity index (χ0v) is 15.0. The molecule has 3 N–H and O–H groups in total. The Hall–Kier alpha value is -2.82. The molecule has 10 heteroatoms. The van der Waals surface area contributed by atoms with Crippen LogP contribution < -0.4 is 9.32 Å². The molecule has 6 nitrogen and oxygen atoms in total. The van der Waals surface area contributed by atoms with Crippen LogP contribution in [0.2, 0.25) is 0 Å². The van der Waals surface area contributed by atoms with Crippen molar-refractivity contribution in [2.75, 3.05) is 0 Å². The molecular formula is C17H11F2NO5S2. The minimum Gasteiger partial charge on any atom is -0.505 e. The van der Waals surface area contributed by atoms with Gasteiger partial charge in [0.05, 0.1) is 10.4 Å². The third kappa shape index (κ3) is 4.13. The molecule has 0 aliphatic rings. The Balaban J connectivity index is 1.89. The number of nitrogens with two attached hydrogens (primary N) is 1. The van der Waals surface area contributed by atoms with Crippen molar-refractivity contribution in [3.8, 4) is 21.9 Å². The van der Waals surface area contributed by atoms with Crippen molar-refractivity contribution >= 4 is 27.4 Å². The number of phenols is 1. The van der Waals surface area contributed by atoms with Gasteiger partial charge in [0.25, 0.3) is 0 Å². The van der Waals surface area contributed by atoms with Gasteiger partial charge in [-0.1, -0.05) is 0 Å². The van der Waals surface area contributed by atoms with Gasteiger partial charge in [-0.05, 0) is 54.1 Å². The highest BCUT2D eigenvalue weighted by molar-refractivity contribution is 7.84. The molecule has 0 aliphatic heterocycles. The highest BCUT2D eigenvalue weighted by atomic mass is 32.2. The molecule has 1 heterocycles. The van der Waals surface area contributed by atoms with Crippen LogP contribution in [0.15, 0.2) is 48.5 Å². The van der Waals surface area contributed by atoms with Gasteiger partial charge in [0.1, 0.15) is 11.6 Å². The van der Waals surface area contributed by atoms with Gasteiger partial charge in [0.2, 0.25) is 5.78 Å². The quantitative estimate of drug-likeness (QED) is 0.627. The van der Waals surface area contributed by atoms with Gasteiger partial charge in [-0.2, -0.15) is 13.6 Å². The number of hydrogen-bond acceptors (Lipinski definition) is 6. The second-order valence-corrected chi connectivity index (χ2v) is 7.59. The Morgan fingerprint density at radius 1 is 1.04 bits per heavy atom. The van der Waals surface area contributed by atoms with E-state index in [1.54, 1.807) is 6.07 Å². The van der Waals surface area contributed by atoms with E-state index < -0.39 is 39.0 Å². The van der Waals surface area contributed by atoms with Crippen molar-refractivity contribution in [2.45, 2.75) is 0 Å². The number of thiophene rings is 1. The Bertz CT molecular complexity index is 1120. The molecule has 0 atom stereocenters. The van der Waals surface area contributed by atoms with Crippen LogP contribution in [0.4, 0.5) is 8.78 Å². The van der Waals surface area contributed by atoms with Gasteiger partial charge in [0, 0.05) is 4.88 Å². The molecule has 3 aromatic rings. The molecule has 27 heavy (non-hydrogen) atoms. The SMILES string of the molecule is NS(=O)(=O)Oc1ccc(-c2ccc(C(=O)c3c(F)ccc(O)c3F)s2)cc1. The van der Waals surface area contributed by atoms with E-state index >= 15 is 0 Å². The highest BCUT2D eigenvalue weighted by Gasteiger charge is 2.23. The van der Waals surface area contributed by atoms with E-state index in [9.17, 15) is 27.1 Å². The Labute approximate surface area is 156 Å². The van der Waals surface area contributed by atoms with Crippen LogP contribution in [-0.2, 0) is 10.3 Å². The summed E-state index contributed by atoms with van der Waals surface area (Å²) in [5.74, 6) is -4.10. The zero-order valence-electron chi connectivity index (χ0n) is 13.3. The van der Waals surface area contributed by atoms with Crippen molar-refractivity contribution in [1.29, 1.82) is 0 Å². The maximum absolute atomic E-state index is 13.9. The van der Waals surface area contributed by atoms with Gasteiger partial charge >= 0.3 is 10.3 Å². The molecule has 140 valence electrons. The van der Waals surface area contributed by atoms with E-state index in [-0.39, 0.29) is 10.6 Å². The summed E-state index contributed by atoms with van der Waals surface area (Å²) in [4.78, 5) is 13.1. The van der Waals surface area contributed by atoms with Crippen LogP contribution in [0.5, 0.6) is 11.5 Å². The number of benzene rings is 2. The Morgan fingerprint density at radius 2 is 1.70 bits per heavy atom. The van der Waals surface area contributed by atoms with E-state index in [1.165, 1.54) is 30.3 Å². The summed E-state index contributed by atoms with van der Waals surface area (Å²) in [5, 5.41) is 14.1. The number of carbonyl (C=O) groups is 1. The molecule has 0 saturated carbocycles. The lowest BCUT2D eigenvalue weighted by Gasteiger charge is -2.04. The molecule has 0 fully saturated rings. The lowest BCUT2D eigenvalue weighted by atomic mass is 10.1. The summed E-state index contributed by atoms with van der Waals surface area (Å²) in [6.07, 6.45) is 0. The fourth-order valence-corrected chi connectivity index (χ4v) is 3.63. The predicted molar refractivity (Wildman–Crippen MR) is 94.9 cm³/mol. The average Bonchev–Trinajstić information content (AvgIpc) is 3.08. The van der Waals surface area contributed by atoms with Gasteiger partial charge in [0.15, 0.2) is 11.6 Å². The van der Waals surface area contributed by atoms with E-state index in [0.717, 1.165) is 23.5 Å². The Morgan fingerprint density at radius 3 is 2.33 bits per heavy atom. The molecule has 0 spiro atoms. The van der Waals surface area contributed by atoms with Crippen LogP contribution in [0.3, 0.4) is 0 Å². The average molecular weight is 411 g/mol. The number of ketones is 1. The summed E-state index contributed by atoms with van der Waals surface area (Å²) >= 11 is 0.983. The first-order valence-corrected chi connectivity index (χ1v) is 9.58. The van der Waals surface area contributed by atoms with Crippen molar-refractivity contribution in [1.82, 2.24) is 0 Å². The normalized spacial score (nSPS) is 11.4. The van der Waals surface area contributed by atoms with Crippen molar-refractivity contribution in [2.24, 2.45) is 5.14 Å². The molecule has 0 radical (unpaired) electrons. The molecule has 0 amide bonds. The van der Waals surface area contributed by atoms with Crippen molar-refractivity contribution in [3.63, 3.8) is 0 Å². The van der Waals surface area contributed by atoms with Crippen LogP contribution in [0.25, 0.3) is 10.4 Å². The van der Waals surface area contributed by atoms with Crippen LogP contribution >= 0.6 is 11.3 Å². The van der Waals surface area contributed by atoms with E-state index in [0.29, 0.717) is 10.4 Å². The molecule has 1 aromatic heterocycles.